The molecular weight excluding hydrogens is 343 g/mol. The molecule has 5 nitrogen and oxygen atoms in total. The third-order valence-corrected chi connectivity index (χ3v) is 4.99. The number of anilines is 2. The van der Waals surface area contributed by atoms with Crippen molar-refractivity contribution in [3.8, 4) is 0 Å². The average molecular weight is 370 g/mol. The Morgan fingerprint density at radius 2 is 1.81 bits per heavy atom. The Hall–Kier alpha value is -2.63. The molecule has 1 aromatic carbocycles. The van der Waals surface area contributed by atoms with Crippen molar-refractivity contribution in [3.63, 3.8) is 0 Å². The third kappa shape index (κ3) is 4.76. The Morgan fingerprint density at radius 1 is 1.11 bits per heavy atom. The van der Waals surface area contributed by atoms with Crippen LogP contribution in [0.4, 0.5) is 15.9 Å². The number of hydrogen-bond donors (Lipinski definition) is 0. The summed E-state index contributed by atoms with van der Waals surface area (Å²) in [7, 11) is 2.02. The van der Waals surface area contributed by atoms with Gasteiger partial charge in [0.25, 0.3) is 5.91 Å². The summed E-state index contributed by atoms with van der Waals surface area (Å²) in [5.74, 6) is 0.675. The first-order valence-corrected chi connectivity index (χ1v) is 9.55. The van der Waals surface area contributed by atoms with Crippen molar-refractivity contribution in [3.05, 3.63) is 54.0 Å². The second kappa shape index (κ2) is 8.84. The van der Waals surface area contributed by atoms with Gasteiger partial charge in [0, 0.05) is 51.7 Å². The van der Waals surface area contributed by atoms with E-state index in [0.29, 0.717) is 18.7 Å². The molecule has 0 unspecified atom stereocenters. The van der Waals surface area contributed by atoms with E-state index in [2.05, 4.69) is 21.7 Å². The Labute approximate surface area is 160 Å². The summed E-state index contributed by atoms with van der Waals surface area (Å²) in [5.41, 5.74) is 1.61. The van der Waals surface area contributed by atoms with Crippen LogP contribution in [0.5, 0.6) is 0 Å². The Kier molecular flexibility index (Phi) is 6.27. The molecule has 27 heavy (non-hydrogen) atoms. The number of hydrogen-bond acceptors (Lipinski definition) is 4. The third-order valence-electron chi connectivity index (χ3n) is 4.99. The van der Waals surface area contributed by atoms with Gasteiger partial charge in [0.2, 0.25) is 0 Å². The van der Waals surface area contributed by atoms with Crippen LogP contribution in [0.25, 0.3) is 0 Å². The number of amides is 1. The van der Waals surface area contributed by atoms with Crippen LogP contribution in [-0.4, -0.2) is 55.6 Å². The minimum absolute atomic E-state index is 0.0176. The molecule has 1 fully saturated rings. The van der Waals surface area contributed by atoms with Gasteiger partial charge in [-0.2, -0.15) is 0 Å². The molecule has 3 rings (SSSR count). The van der Waals surface area contributed by atoms with Crippen LogP contribution in [0, 0.1) is 5.82 Å². The van der Waals surface area contributed by atoms with E-state index in [1.165, 1.54) is 12.1 Å². The largest absolute Gasteiger partial charge is 0.368 e. The Balaban J connectivity index is 1.56. The Morgan fingerprint density at radius 3 is 2.41 bits per heavy atom. The SMILES string of the molecule is CCCCN(C)c1ccc(C(=O)N2CCN(c3ccc(F)cc3)CC2)cn1. The number of unbranched alkanes of at least 4 members (excludes halogenated alkanes) is 1. The summed E-state index contributed by atoms with van der Waals surface area (Å²) in [4.78, 5) is 23.3. The van der Waals surface area contributed by atoms with Crippen molar-refractivity contribution in [2.75, 3.05) is 49.6 Å². The topological polar surface area (TPSA) is 39.7 Å². The lowest BCUT2D eigenvalue weighted by Crippen LogP contribution is -2.48. The zero-order valence-corrected chi connectivity index (χ0v) is 16.1. The quantitative estimate of drug-likeness (QED) is 0.781. The highest BCUT2D eigenvalue weighted by Gasteiger charge is 2.22. The van der Waals surface area contributed by atoms with Gasteiger partial charge in [0.15, 0.2) is 0 Å². The van der Waals surface area contributed by atoms with Crippen LogP contribution in [0.1, 0.15) is 30.1 Å². The molecule has 0 spiro atoms. The highest BCUT2D eigenvalue weighted by Crippen LogP contribution is 2.18. The number of nitrogens with zero attached hydrogens (tertiary/aromatic N) is 4. The molecule has 0 bridgehead atoms. The van der Waals surface area contributed by atoms with Gasteiger partial charge in [-0.3, -0.25) is 4.79 Å². The van der Waals surface area contributed by atoms with Crippen molar-refractivity contribution in [2.45, 2.75) is 19.8 Å². The van der Waals surface area contributed by atoms with Gasteiger partial charge in [0.05, 0.1) is 5.56 Å². The smallest absolute Gasteiger partial charge is 0.255 e. The van der Waals surface area contributed by atoms with Crippen molar-refractivity contribution < 1.29 is 9.18 Å². The fourth-order valence-corrected chi connectivity index (χ4v) is 3.25. The van der Waals surface area contributed by atoms with Gasteiger partial charge in [-0.1, -0.05) is 13.3 Å². The molecule has 6 heteroatoms. The lowest BCUT2D eigenvalue weighted by Gasteiger charge is -2.36. The van der Waals surface area contributed by atoms with Gasteiger partial charge in [-0.15, -0.1) is 0 Å². The summed E-state index contributed by atoms with van der Waals surface area (Å²) in [6.07, 6.45) is 3.94. The maximum absolute atomic E-state index is 13.1. The average Bonchev–Trinajstić information content (AvgIpc) is 2.72. The summed E-state index contributed by atoms with van der Waals surface area (Å²) in [6.45, 7) is 5.90. The molecule has 1 aliphatic rings. The predicted molar refractivity (Wildman–Crippen MR) is 107 cm³/mol. The molecule has 0 radical (unpaired) electrons. The number of halogens is 1. The van der Waals surface area contributed by atoms with Crippen LogP contribution >= 0.6 is 0 Å². The number of aromatic nitrogens is 1. The summed E-state index contributed by atoms with van der Waals surface area (Å²) in [5, 5.41) is 0. The number of rotatable bonds is 6. The van der Waals surface area contributed by atoms with Gasteiger partial charge in [0.1, 0.15) is 11.6 Å². The number of carbonyl (C=O) groups is 1. The molecule has 144 valence electrons. The first kappa shape index (κ1) is 19.1. The highest BCUT2D eigenvalue weighted by atomic mass is 19.1. The van der Waals surface area contributed by atoms with E-state index >= 15 is 0 Å². The first-order chi connectivity index (χ1) is 13.1. The molecule has 0 aliphatic carbocycles. The van der Waals surface area contributed by atoms with Gasteiger partial charge < -0.3 is 14.7 Å². The lowest BCUT2D eigenvalue weighted by molar-refractivity contribution is 0.0746. The fraction of sp³-hybridized carbons (Fsp3) is 0.429. The van der Waals surface area contributed by atoms with Crippen LogP contribution in [0.2, 0.25) is 0 Å². The predicted octanol–water partition coefficient (Wildman–Crippen LogP) is 3.42. The van der Waals surface area contributed by atoms with Crippen molar-refractivity contribution in [1.29, 1.82) is 0 Å². The first-order valence-electron chi connectivity index (χ1n) is 9.55. The minimum Gasteiger partial charge on any atom is -0.368 e. The van der Waals surface area contributed by atoms with E-state index < -0.39 is 0 Å². The molecule has 0 N–H and O–H groups in total. The minimum atomic E-state index is -0.233. The van der Waals surface area contributed by atoms with Crippen LogP contribution in [0.15, 0.2) is 42.6 Å². The monoisotopic (exact) mass is 370 g/mol. The van der Waals surface area contributed by atoms with Crippen LogP contribution < -0.4 is 9.80 Å². The number of carbonyl (C=O) groups excluding carboxylic acids is 1. The van der Waals surface area contributed by atoms with Crippen LogP contribution in [-0.2, 0) is 0 Å². The lowest BCUT2D eigenvalue weighted by atomic mass is 10.2. The van der Waals surface area contributed by atoms with Crippen molar-refractivity contribution in [2.24, 2.45) is 0 Å². The van der Waals surface area contributed by atoms with E-state index in [-0.39, 0.29) is 11.7 Å². The van der Waals surface area contributed by atoms with Crippen molar-refractivity contribution >= 4 is 17.4 Å². The zero-order valence-electron chi connectivity index (χ0n) is 16.1. The standard InChI is InChI=1S/C21H27FN4O/c1-3-4-11-24(2)20-10-5-17(16-23-20)21(27)26-14-12-25(13-15-26)19-8-6-18(22)7-9-19/h5-10,16H,3-4,11-15H2,1-2H3. The molecular formula is C21H27FN4O. The Bertz CT molecular complexity index is 740. The number of benzene rings is 1. The van der Waals surface area contributed by atoms with Crippen LogP contribution in [0.3, 0.4) is 0 Å². The van der Waals surface area contributed by atoms with Crippen molar-refractivity contribution in [1.82, 2.24) is 9.88 Å². The maximum Gasteiger partial charge on any atom is 0.255 e. The second-order valence-corrected chi connectivity index (χ2v) is 6.94. The summed E-state index contributed by atoms with van der Waals surface area (Å²) >= 11 is 0. The molecule has 0 saturated carbocycles. The molecule has 0 atom stereocenters. The highest BCUT2D eigenvalue weighted by molar-refractivity contribution is 5.94. The molecule has 1 saturated heterocycles. The number of piperazine rings is 1. The van der Waals surface area contributed by atoms with E-state index in [1.54, 1.807) is 18.3 Å². The van der Waals surface area contributed by atoms with E-state index in [0.717, 1.165) is 44.0 Å². The summed E-state index contributed by atoms with van der Waals surface area (Å²) < 4.78 is 13.1. The van der Waals surface area contributed by atoms with E-state index in [4.69, 9.17) is 0 Å². The molecule has 1 aromatic heterocycles. The van der Waals surface area contributed by atoms with E-state index in [1.807, 2.05) is 24.1 Å². The fourth-order valence-electron chi connectivity index (χ4n) is 3.25. The zero-order chi connectivity index (χ0) is 19.2. The second-order valence-electron chi connectivity index (χ2n) is 6.94. The van der Waals surface area contributed by atoms with Gasteiger partial charge >= 0.3 is 0 Å². The molecule has 2 heterocycles. The summed E-state index contributed by atoms with van der Waals surface area (Å²) in [6, 6.07) is 10.3. The van der Waals surface area contributed by atoms with Gasteiger partial charge in [-0.05, 0) is 42.8 Å². The van der Waals surface area contributed by atoms with E-state index in [9.17, 15) is 9.18 Å². The van der Waals surface area contributed by atoms with Gasteiger partial charge in [-0.25, -0.2) is 9.37 Å². The molecule has 2 aromatic rings. The molecule has 1 amide bonds. The molecule has 1 aliphatic heterocycles. The maximum atomic E-state index is 13.1. The number of pyridine rings is 1. The normalized spacial score (nSPS) is 14.3.